The average molecular weight is 765 g/mol. The zero-order chi connectivity index (χ0) is 42.1. The first kappa shape index (κ1) is 47.7. The van der Waals surface area contributed by atoms with E-state index in [4.69, 9.17) is 9.47 Å². The van der Waals surface area contributed by atoms with Crippen LogP contribution >= 0.6 is 0 Å². The molecule has 2 aliphatic carbocycles. The normalized spacial score (nSPS) is 21.6. The molecule has 2 rings (SSSR count). The maximum Gasteiger partial charge on any atom is 0.306 e. The zero-order valence-corrected chi connectivity index (χ0v) is 36.3. The highest BCUT2D eigenvalue weighted by Crippen LogP contribution is 2.42. The molecule has 0 aliphatic heterocycles. The molecule has 6 nitrogen and oxygen atoms in total. The number of allylic oxidation sites excluding steroid dienone is 20. The third-order valence-corrected chi connectivity index (χ3v) is 10.5. The molecule has 0 saturated carbocycles. The van der Waals surface area contributed by atoms with Gasteiger partial charge in [0.1, 0.15) is 11.9 Å². The summed E-state index contributed by atoms with van der Waals surface area (Å²) in [7, 11) is 1.60. The number of Topliss-reactive ketones (excluding diaryl/α,β-unsaturated/α-hetero) is 3. The Kier molecular flexibility index (Phi) is 19.6. The second kappa shape index (κ2) is 23.0. The van der Waals surface area contributed by atoms with E-state index in [1.807, 2.05) is 63.3 Å². The van der Waals surface area contributed by atoms with Gasteiger partial charge < -0.3 is 14.3 Å². The van der Waals surface area contributed by atoms with Crippen LogP contribution in [0, 0.1) is 10.8 Å². The highest BCUT2D eigenvalue weighted by Gasteiger charge is 2.40. The molecule has 0 aromatic carbocycles. The van der Waals surface area contributed by atoms with Crippen molar-refractivity contribution in [2.24, 2.45) is 10.8 Å². The van der Waals surface area contributed by atoms with Gasteiger partial charge in [-0.2, -0.15) is 0 Å². The predicted molar refractivity (Wildman–Crippen MR) is 232 cm³/mol. The monoisotopic (exact) mass is 765 g/mol. The Bertz CT molecular complexity index is 1790. The van der Waals surface area contributed by atoms with Crippen LogP contribution in [0.25, 0.3) is 0 Å². The summed E-state index contributed by atoms with van der Waals surface area (Å²) in [5, 5.41) is 0. The molecule has 0 amide bonds. The first-order chi connectivity index (χ1) is 26.3. The molecule has 6 heteroatoms. The van der Waals surface area contributed by atoms with E-state index in [-0.39, 0.29) is 46.7 Å². The molecule has 0 fully saturated rings. The highest BCUT2D eigenvalue weighted by molar-refractivity contribution is 6.02. The van der Waals surface area contributed by atoms with Crippen molar-refractivity contribution in [3.63, 3.8) is 0 Å². The SMILES string of the molecule is COC1CC(C)(C)C(/C=C/C(C)=C/C=C/C(C)=C/C=C/C=C(C)/C=C/C=C(C)/C=C/C2=C(C)C(=O)C(OC(=O)CCCCCCC(C)=O)CC2(C)C)=C(C)C1=O. The molecule has 56 heavy (non-hydrogen) atoms. The first-order valence-corrected chi connectivity index (χ1v) is 20.1. The molecule has 0 aromatic rings. The number of hydrogen-bond donors (Lipinski definition) is 0. The van der Waals surface area contributed by atoms with Crippen LogP contribution in [0.15, 0.2) is 130 Å². The van der Waals surface area contributed by atoms with E-state index >= 15 is 0 Å². The lowest BCUT2D eigenvalue weighted by Crippen LogP contribution is -2.39. The van der Waals surface area contributed by atoms with Crippen LogP contribution in [0.4, 0.5) is 0 Å². The van der Waals surface area contributed by atoms with Crippen molar-refractivity contribution in [1.82, 2.24) is 0 Å². The molecule has 304 valence electrons. The van der Waals surface area contributed by atoms with Gasteiger partial charge in [-0.05, 0) is 101 Å². The number of methoxy groups -OCH3 is 1. The fraction of sp³-hybridized carbons (Fsp3) is 0.480. The number of unbranched alkanes of at least 4 members (excludes halogenated alkanes) is 3. The van der Waals surface area contributed by atoms with Gasteiger partial charge in [-0.25, -0.2) is 0 Å². The Balaban J connectivity index is 1.92. The molecular formula is C50H68O6. The fourth-order valence-corrected chi connectivity index (χ4v) is 7.07. The maximum atomic E-state index is 13.2. The van der Waals surface area contributed by atoms with E-state index in [1.54, 1.807) is 14.0 Å². The maximum absolute atomic E-state index is 13.2. The first-order valence-electron chi connectivity index (χ1n) is 20.1. The molecule has 2 unspecified atom stereocenters. The molecule has 0 radical (unpaired) electrons. The summed E-state index contributed by atoms with van der Waals surface area (Å²) in [4.78, 5) is 49.4. The van der Waals surface area contributed by atoms with Crippen LogP contribution in [0.3, 0.4) is 0 Å². The summed E-state index contributed by atoms with van der Waals surface area (Å²) in [5.41, 5.74) is 7.38. The molecule has 0 bridgehead atoms. The van der Waals surface area contributed by atoms with E-state index in [1.165, 1.54) is 0 Å². The number of carbonyl (C=O) groups is 4. The van der Waals surface area contributed by atoms with Gasteiger partial charge in [0.2, 0.25) is 0 Å². The van der Waals surface area contributed by atoms with Gasteiger partial charge in [0, 0.05) is 26.4 Å². The second-order valence-corrected chi connectivity index (χ2v) is 16.7. The van der Waals surface area contributed by atoms with Crippen LogP contribution in [0.1, 0.15) is 128 Å². The lowest BCUT2D eigenvalue weighted by molar-refractivity contribution is -0.156. The third kappa shape index (κ3) is 16.0. The summed E-state index contributed by atoms with van der Waals surface area (Å²) in [6.07, 6.45) is 32.9. The molecule has 2 aliphatic rings. The second-order valence-electron chi connectivity index (χ2n) is 16.7. The standard InChI is InChI=1S/C50H68O6/c1-35(23-19-25-37(3)29-31-42-40(6)47(53)44(55-12)33-49(42,8)9)21-17-18-22-36(2)24-20-26-38(4)30-32-43-41(7)48(54)45(34-50(43,10)11)56-46(52)28-16-14-13-15-27-39(5)51/h17-26,29-32,44-45H,13-16,27-28,33-34H2,1-12H3/b18-17+,23-19+,24-20+,31-29+,32-30+,35-21+,36-22+,37-25+,38-26+. The van der Waals surface area contributed by atoms with Crippen molar-refractivity contribution in [2.45, 2.75) is 140 Å². The Morgan fingerprint density at radius 3 is 1.43 bits per heavy atom. The predicted octanol–water partition coefficient (Wildman–Crippen LogP) is 12.0. The number of ketones is 3. The molecule has 0 spiro atoms. The number of esters is 1. The molecule has 0 heterocycles. The van der Waals surface area contributed by atoms with Crippen LogP contribution < -0.4 is 0 Å². The lowest BCUT2D eigenvalue weighted by Gasteiger charge is -2.36. The van der Waals surface area contributed by atoms with Gasteiger partial charge in [0.05, 0.1) is 0 Å². The van der Waals surface area contributed by atoms with Gasteiger partial charge in [0.25, 0.3) is 0 Å². The Hall–Kier alpha value is -4.42. The van der Waals surface area contributed by atoms with E-state index < -0.39 is 6.10 Å². The van der Waals surface area contributed by atoms with Crippen molar-refractivity contribution in [1.29, 1.82) is 0 Å². The third-order valence-electron chi connectivity index (χ3n) is 10.5. The van der Waals surface area contributed by atoms with E-state index in [0.29, 0.717) is 31.3 Å². The van der Waals surface area contributed by atoms with Gasteiger partial charge in [-0.1, -0.05) is 148 Å². The zero-order valence-electron chi connectivity index (χ0n) is 36.3. The number of ether oxygens (including phenoxy) is 2. The topological polar surface area (TPSA) is 86.7 Å². The molecule has 2 atom stereocenters. The largest absolute Gasteiger partial charge is 0.454 e. The van der Waals surface area contributed by atoms with Gasteiger partial charge >= 0.3 is 5.97 Å². The Labute approximate surface area is 338 Å². The van der Waals surface area contributed by atoms with Crippen molar-refractivity contribution in [2.75, 3.05) is 7.11 Å². The van der Waals surface area contributed by atoms with E-state index in [9.17, 15) is 19.2 Å². The molecular weight excluding hydrogens is 697 g/mol. The Morgan fingerprint density at radius 2 is 0.982 bits per heavy atom. The average Bonchev–Trinajstić information content (AvgIpc) is 3.11. The summed E-state index contributed by atoms with van der Waals surface area (Å²) < 4.78 is 11.1. The minimum Gasteiger partial charge on any atom is -0.454 e. The van der Waals surface area contributed by atoms with Crippen molar-refractivity contribution in [3.8, 4) is 0 Å². The smallest absolute Gasteiger partial charge is 0.306 e. The Morgan fingerprint density at radius 1 is 0.589 bits per heavy atom. The minimum absolute atomic E-state index is 0.0755. The summed E-state index contributed by atoms with van der Waals surface area (Å²) in [6, 6.07) is 0. The summed E-state index contributed by atoms with van der Waals surface area (Å²) in [5.74, 6) is -0.191. The van der Waals surface area contributed by atoms with Crippen LogP contribution in [-0.2, 0) is 28.7 Å². The lowest BCUT2D eigenvalue weighted by atomic mass is 9.71. The molecule has 0 saturated heterocycles. The van der Waals surface area contributed by atoms with Crippen molar-refractivity contribution < 1.29 is 28.7 Å². The van der Waals surface area contributed by atoms with Crippen LogP contribution in [-0.4, -0.2) is 42.6 Å². The van der Waals surface area contributed by atoms with E-state index in [0.717, 1.165) is 58.3 Å². The van der Waals surface area contributed by atoms with Gasteiger partial charge in [0.15, 0.2) is 17.7 Å². The number of carbonyl (C=O) groups excluding carboxylic acids is 4. The quantitative estimate of drug-likeness (QED) is 0.0739. The van der Waals surface area contributed by atoms with Gasteiger partial charge in [-0.3, -0.25) is 14.4 Å². The fourth-order valence-electron chi connectivity index (χ4n) is 7.07. The molecule has 0 N–H and O–H groups in total. The minimum atomic E-state index is -0.756. The molecule has 0 aromatic heterocycles. The summed E-state index contributed by atoms with van der Waals surface area (Å²) >= 11 is 0. The van der Waals surface area contributed by atoms with Crippen molar-refractivity contribution in [3.05, 3.63) is 130 Å². The van der Waals surface area contributed by atoms with Gasteiger partial charge in [-0.15, -0.1) is 0 Å². The van der Waals surface area contributed by atoms with E-state index in [2.05, 4.69) is 91.0 Å². The highest BCUT2D eigenvalue weighted by atomic mass is 16.5. The van der Waals surface area contributed by atoms with Crippen LogP contribution in [0.5, 0.6) is 0 Å². The van der Waals surface area contributed by atoms with Crippen molar-refractivity contribution >= 4 is 23.3 Å². The summed E-state index contributed by atoms with van der Waals surface area (Å²) in [6.45, 7) is 22.0. The number of hydrogen-bond acceptors (Lipinski definition) is 6. The van der Waals surface area contributed by atoms with Crippen LogP contribution in [0.2, 0.25) is 0 Å². The number of rotatable bonds is 19.